The molecule has 0 unspecified atom stereocenters. The number of rotatable bonds is 5. The fraction of sp³-hybridized carbons (Fsp3) is 0.400. The van der Waals surface area contributed by atoms with Gasteiger partial charge in [0, 0.05) is 31.4 Å². The number of nitrogens with two attached hydrogens (primary N) is 1. The summed E-state index contributed by atoms with van der Waals surface area (Å²) in [4.78, 5) is 36.5. The average molecular weight is 320 g/mol. The molecule has 124 valence electrons. The van der Waals surface area contributed by atoms with Gasteiger partial charge >= 0.3 is 0 Å². The van der Waals surface area contributed by atoms with E-state index in [-0.39, 0.29) is 25.0 Å². The van der Waals surface area contributed by atoms with Gasteiger partial charge in [0.05, 0.1) is 6.61 Å². The summed E-state index contributed by atoms with van der Waals surface area (Å²) >= 11 is 0. The van der Waals surface area contributed by atoms with Crippen molar-refractivity contribution in [2.24, 2.45) is 5.73 Å². The average Bonchev–Trinajstić information content (AvgIpc) is 2.53. The summed E-state index contributed by atoms with van der Waals surface area (Å²) in [6.07, 6.45) is 0. The zero-order valence-corrected chi connectivity index (χ0v) is 12.9. The van der Waals surface area contributed by atoms with Crippen molar-refractivity contribution in [2.75, 3.05) is 36.5 Å². The summed E-state index contributed by atoms with van der Waals surface area (Å²) in [5.41, 5.74) is 6.78. The normalized spacial score (nSPS) is 15.9. The van der Waals surface area contributed by atoms with Gasteiger partial charge in [-0.3, -0.25) is 14.4 Å². The number of carbonyl (C=O) groups is 3. The third-order valence-corrected chi connectivity index (χ3v) is 3.36. The molecule has 1 aromatic rings. The summed E-state index contributed by atoms with van der Waals surface area (Å²) in [6, 6.07) is 6.09. The number of hydrogen-bond acceptors (Lipinski definition) is 5. The Hall–Kier alpha value is -2.45. The first-order valence-electron chi connectivity index (χ1n) is 7.27. The van der Waals surface area contributed by atoms with Gasteiger partial charge < -0.3 is 26.0 Å². The highest BCUT2D eigenvalue weighted by Gasteiger charge is 2.21. The number of morpholine rings is 1. The van der Waals surface area contributed by atoms with Gasteiger partial charge in [0.25, 0.3) is 5.91 Å². The van der Waals surface area contributed by atoms with E-state index < -0.39 is 11.9 Å². The number of nitrogens with one attached hydrogen (secondary N) is 2. The van der Waals surface area contributed by atoms with E-state index in [1.54, 1.807) is 29.2 Å². The number of anilines is 2. The Morgan fingerprint density at radius 3 is 2.61 bits per heavy atom. The summed E-state index contributed by atoms with van der Waals surface area (Å²) in [5, 5.41) is 5.15. The van der Waals surface area contributed by atoms with Crippen LogP contribution in [0.4, 0.5) is 11.4 Å². The van der Waals surface area contributed by atoms with Crippen LogP contribution in [-0.2, 0) is 19.1 Å². The molecule has 0 bridgehead atoms. The molecule has 1 aliphatic heterocycles. The van der Waals surface area contributed by atoms with E-state index in [0.717, 1.165) is 5.69 Å². The van der Waals surface area contributed by atoms with Crippen LogP contribution < -0.4 is 21.3 Å². The summed E-state index contributed by atoms with van der Waals surface area (Å²) in [7, 11) is 0. The molecule has 0 radical (unpaired) electrons. The molecule has 0 saturated carbocycles. The Labute approximate surface area is 134 Å². The summed E-state index contributed by atoms with van der Waals surface area (Å²) in [5.74, 6) is -0.809. The minimum absolute atomic E-state index is 0.00573. The van der Waals surface area contributed by atoms with Crippen LogP contribution in [0.2, 0.25) is 0 Å². The molecule has 4 N–H and O–H groups in total. The number of nitrogens with zero attached hydrogens (tertiary/aromatic N) is 1. The van der Waals surface area contributed by atoms with Crippen molar-refractivity contribution in [3.8, 4) is 0 Å². The van der Waals surface area contributed by atoms with E-state index in [9.17, 15) is 14.4 Å². The Bertz CT molecular complexity index is 588. The van der Waals surface area contributed by atoms with Gasteiger partial charge in [-0.05, 0) is 24.3 Å². The lowest BCUT2D eigenvalue weighted by atomic mass is 10.2. The predicted octanol–water partition coefficient (Wildman–Crippen LogP) is -0.548. The van der Waals surface area contributed by atoms with Crippen molar-refractivity contribution in [1.82, 2.24) is 5.32 Å². The molecule has 8 nitrogen and oxygen atoms in total. The third-order valence-electron chi connectivity index (χ3n) is 3.36. The Morgan fingerprint density at radius 1 is 1.35 bits per heavy atom. The van der Waals surface area contributed by atoms with Gasteiger partial charge in [-0.25, -0.2) is 0 Å². The van der Waals surface area contributed by atoms with Gasteiger partial charge in [-0.2, -0.15) is 0 Å². The highest BCUT2D eigenvalue weighted by molar-refractivity contribution is 5.98. The lowest BCUT2D eigenvalue weighted by molar-refractivity contribution is -0.125. The van der Waals surface area contributed by atoms with Crippen LogP contribution in [0.25, 0.3) is 0 Å². The summed E-state index contributed by atoms with van der Waals surface area (Å²) < 4.78 is 5.09. The molecule has 8 heteroatoms. The number of ether oxygens (including phenoxy) is 1. The van der Waals surface area contributed by atoms with Crippen molar-refractivity contribution in [3.05, 3.63) is 24.3 Å². The molecule has 1 aromatic carbocycles. The van der Waals surface area contributed by atoms with Gasteiger partial charge in [0.1, 0.15) is 12.6 Å². The second-order valence-electron chi connectivity index (χ2n) is 5.12. The first-order chi connectivity index (χ1) is 11.0. The monoisotopic (exact) mass is 320 g/mol. The minimum Gasteiger partial charge on any atom is -0.370 e. The topological polar surface area (TPSA) is 114 Å². The predicted molar refractivity (Wildman–Crippen MR) is 84.9 cm³/mol. The van der Waals surface area contributed by atoms with E-state index in [1.807, 2.05) is 0 Å². The highest BCUT2D eigenvalue weighted by atomic mass is 16.5. The highest BCUT2D eigenvalue weighted by Crippen LogP contribution is 2.19. The Balaban J connectivity index is 2.00. The first-order valence-corrected chi connectivity index (χ1v) is 7.27. The first kappa shape index (κ1) is 16.9. The lowest BCUT2D eigenvalue weighted by Crippen LogP contribution is -2.47. The molecule has 1 atom stereocenters. The van der Waals surface area contributed by atoms with Crippen LogP contribution in [-0.4, -0.2) is 50.1 Å². The number of amides is 3. The van der Waals surface area contributed by atoms with E-state index in [0.29, 0.717) is 18.8 Å². The van der Waals surface area contributed by atoms with E-state index in [4.69, 9.17) is 10.5 Å². The maximum absolute atomic E-state index is 12.0. The van der Waals surface area contributed by atoms with Crippen molar-refractivity contribution in [3.63, 3.8) is 0 Å². The fourth-order valence-electron chi connectivity index (χ4n) is 2.22. The van der Waals surface area contributed by atoms with Gasteiger partial charge in [0.2, 0.25) is 11.8 Å². The quantitative estimate of drug-likeness (QED) is 0.674. The lowest BCUT2D eigenvalue weighted by Gasteiger charge is -2.27. The van der Waals surface area contributed by atoms with Crippen molar-refractivity contribution in [2.45, 2.75) is 13.0 Å². The van der Waals surface area contributed by atoms with Crippen molar-refractivity contribution >= 4 is 29.1 Å². The SMILES string of the molecule is CC(=O)N[C@@H](CN)C(=O)Nc1ccc(N2CCOCC2=O)cc1. The van der Waals surface area contributed by atoms with Gasteiger partial charge in [-0.15, -0.1) is 0 Å². The molecule has 0 aliphatic carbocycles. The molecule has 0 spiro atoms. The van der Waals surface area contributed by atoms with Crippen molar-refractivity contribution in [1.29, 1.82) is 0 Å². The smallest absolute Gasteiger partial charge is 0.253 e. The van der Waals surface area contributed by atoms with Crippen LogP contribution in [0.3, 0.4) is 0 Å². The van der Waals surface area contributed by atoms with Crippen molar-refractivity contribution < 1.29 is 19.1 Å². The molecule has 3 amide bonds. The molecule has 23 heavy (non-hydrogen) atoms. The second-order valence-corrected chi connectivity index (χ2v) is 5.12. The van der Waals surface area contributed by atoms with Gasteiger partial charge in [0.15, 0.2) is 0 Å². The standard InChI is InChI=1S/C15H20N4O4/c1-10(20)17-13(8-16)15(22)18-11-2-4-12(5-3-11)19-6-7-23-9-14(19)21/h2-5,13H,6-9,16H2,1H3,(H,17,20)(H,18,22)/t13-/m0/s1. The zero-order chi connectivity index (χ0) is 16.8. The van der Waals surface area contributed by atoms with Crippen LogP contribution in [0.1, 0.15) is 6.92 Å². The third kappa shape index (κ3) is 4.51. The Morgan fingerprint density at radius 2 is 2.04 bits per heavy atom. The van der Waals surface area contributed by atoms with E-state index >= 15 is 0 Å². The molecule has 1 saturated heterocycles. The maximum Gasteiger partial charge on any atom is 0.253 e. The molecular formula is C15H20N4O4. The van der Waals surface area contributed by atoms with Crippen LogP contribution in [0, 0.1) is 0 Å². The molecule has 0 aromatic heterocycles. The summed E-state index contributed by atoms with van der Waals surface area (Å²) in [6.45, 7) is 2.41. The van der Waals surface area contributed by atoms with E-state index in [2.05, 4.69) is 10.6 Å². The molecule has 1 fully saturated rings. The molecule has 2 rings (SSSR count). The second kappa shape index (κ2) is 7.70. The molecule has 1 aliphatic rings. The maximum atomic E-state index is 12.0. The number of carbonyl (C=O) groups excluding carboxylic acids is 3. The number of benzene rings is 1. The minimum atomic E-state index is -0.784. The largest absolute Gasteiger partial charge is 0.370 e. The molecule has 1 heterocycles. The van der Waals surface area contributed by atoms with Gasteiger partial charge in [-0.1, -0.05) is 0 Å². The zero-order valence-electron chi connectivity index (χ0n) is 12.9. The fourth-order valence-corrected chi connectivity index (χ4v) is 2.22. The van der Waals surface area contributed by atoms with Crippen LogP contribution in [0.5, 0.6) is 0 Å². The van der Waals surface area contributed by atoms with Crippen LogP contribution >= 0.6 is 0 Å². The molecular weight excluding hydrogens is 300 g/mol. The van der Waals surface area contributed by atoms with E-state index in [1.165, 1.54) is 6.92 Å². The Kier molecular flexibility index (Phi) is 5.67. The number of hydrogen-bond donors (Lipinski definition) is 3. The van der Waals surface area contributed by atoms with Crippen LogP contribution in [0.15, 0.2) is 24.3 Å².